The summed E-state index contributed by atoms with van der Waals surface area (Å²) in [7, 11) is 0. The highest BCUT2D eigenvalue weighted by molar-refractivity contribution is 5.72. The lowest BCUT2D eigenvalue weighted by Gasteiger charge is -2.19. The van der Waals surface area contributed by atoms with Crippen molar-refractivity contribution in [2.45, 2.75) is 12.8 Å². The number of hydrogen-bond acceptors (Lipinski definition) is 3. The van der Waals surface area contributed by atoms with Crippen LogP contribution in [0.3, 0.4) is 0 Å². The van der Waals surface area contributed by atoms with E-state index in [0.29, 0.717) is 17.0 Å². The molecule has 1 aromatic heterocycles. The van der Waals surface area contributed by atoms with Crippen molar-refractivity contribution in [1.29, 1.82) is 0 Å². The monoisotopic (exact) mass is 241 g/mol. The minimum atomic E-state index is -4.44. The van der Waals surface area contributed by atoms with Crippen LogP contribution in [-0.2, 0) is 12.8 Å². The lowest BCUT2D eigenvalue weighted by molar-refractivity contribution is -0.139. The van der Waals surface area contributed by atoms with Crippen LogP contribution in [0.1, 0.15) is 11.3 Å². The molecule has 1 N–H and O–H groups in total. The molecule has 0 spiro atoms. The average molecular weight is 241 g/mol. The maximum Gasteiger partial charge on any atom is 0.419 e. The first-order valence-electron chi connectivity index (χ1n) is 4.80. The Bertz CT molecular complexity index is 576. The van der Waals surface area contributed by atoms with E-state index in [1.807, 2.05) is 0 Å². The summed E-state index contributed by atoms with van der Waals surface area (Å²) in [6.45, 7) is -0.00801. The first-order chi connectivity index (χ1) is 8.07. The number of fused-ring (bicyclic) bond motifs is 3. The number of aromatic amines is 1. The van der Waals surface area contributed by atoms with E-state index >= 15 is 0 Å². The molecular weight excluding hydrogens is 235 g/mol. The van der Waals surface area contributed by atoms with E-state index in [9.17, 15) is 13.2 Å². The van der Waals surface area contributed by atoms with E-state index < -0.39 is 11.7 Å². The molecule has 7 heteroatoms. The molecular formula is C10H6F3N3O. The van der Waals surface area contributed by atoms with Gasteiger partial charge in [-0.25, -0.2) is 0 Å². The number of H-pyrrole nitrogens is 1. The van der Waals surface area contributed by atoms with Gasteiger partial charge in [0.2, 0.25) is 0 Å². The zero-order chi connectivity index (χ0) is 12.0. The molecule has 1 aliphatic heterocycles. The van der Waals surface area contributed by atoms with Gasteiger partial charge in [-0.3, -0.25) is 0 Å². The third kappa shape index (κ3) is 1.46. The van der Waals surface area contributed by atoms with Gasteiger partial charge in [-0.2, -0.15) is 28.6 Å². The Morgan fingerprint density at radius 1 is 1.24 bits per heavy atom. The van der Waals surface area contributed by atoms with Crippen LogP contribution >= 0.6 is 0 Å². The number of ether oxygens (including phenoxy) is 1. The molecule has 1 aromatic carbocycles. The molecule has 4 nitrogen and oxygen atoms in total. The summed E-state index contributed by atoms with van der Waals surface area (Å²) in [4.78, 5) is 0. The maximum absolute atomic E-state index is 12.8. The summed E-state index contributed by atoms with van der Waals surface area (Å²) in [6, 6.07) is 3.85. The summed E-state index contributed by atoms with van der Waals surface area (Å²) in [6.07, 6.45) is -4.44. The number of aromatic nitrogens is 3. The van der Waals surface area contributed by atoms with E-state index in [-0.39, 0.29) is 12.4 Å². The number of hydrogen-bond donors (Lipinski definition) is 1. The normalized spacial score (nSPS) is 13.8. The van der Waals surface area contributed by atoms with Gasteiger partial charge in [0.15, 0.2) is 0 Å². The molecule has 0 bridgehead atoms. The fourth-order valence-electron chi connectivity index (χ4n) is 1.81. The van der Waals surface area contributed by atoms with Gasteiger partial charge in [-0.1, -0.05) is 6.07 Å². The van der Waals surface area contributed by atoms with Crippen LogP contribution in [0, 0.1) is 0 Å². The molecule has 88 valence electrons. The van der Waals surface area contributed by atoms with Crippen molar-refractivity contribution < 1.29 is 17.9 Å². The SMILES string of the molecule is FC(F)(F)c1cccc2c1OCc1n[nH]nc1-2. The highest BCUT2D eigenvalue weighted by atomic mass is 19.4. The Morgan fingerprint density at radius 3 is 2.82 bits per heavy atom. The van der Waals surface area contributed by atoms with Crippen molar-refractivity contribution in [3.63, 3.8) is 0 Å². The van der Waals surface area contributed by atoms with Crippen molar-refractivity contribution in [3.8, 4) is 17.0 Å². The van der Waals surface area contributed by atoms with Crippen molar-refractivity contribution in [3.05, 3.63) is 29.5 Å². The number of para-hydroxylation sites is 1. The van der Waals surface area contributed by atoms with Gasteiger partial charge in [0.05, 0.1) is 5.56 Å². The second-order valence-electron chi connectivity index (χ2n) is 3.59. The zero-order valence-electron chi connectivity index (χ0n) is 8.38. The zero-order valence-corrected chi connectivity index (χ0v) is 8.38. The first kappa shape index (κ1) is 10.1. The molecule has 1 aliphatic rings. The minimum absolute atomic E-state index is 0.00801. The lowest BCUT2D eigenvalue weighted by Crippen LogP contribution is -2.13. The van der Waals surface area contributed by atoms with Gasteiger partial charge >= 0.3 is 6.18 Å². The van der Waals surface area contributed by atoms with E-state index in [0.717, 1.165) is 6.07 Å². The molecule has 0 amide bonds. The second-order valence-corrected chi connectivity index (χ2v) is 3.59. The third-order valence-corrected chi connectivity index (χ3v) is 2.55. The van der Waals surface area contributed by atoms with Crippen LogP contribution in [0.2, 0.25) is 0 Å². The highest BCUT2D eigenvalue weighted by Crippen LogP contribution is 2.44. The molecule has 0 saturated heterocycles. The molecule has 0 unspecified atom stereocenters. The van der Waals surface area contributed by atoms with E-state index in [4.69, 9.17) is 4.74 Å². The van der Waals surface area contributed by atoms with Crippen LogP contribution in [0.15, 0.2) is 18.2 Å². The van der Waals surface area contributed by atoms with Gasteiger partial charge in [-0.05, 0) is 12.1 Å². The summed E-state index contributed by atoms with van der Waals surface area (Å²) in [5.74, 6) is -0.179. The van der Waals surface area contributed by atoms with Gasteiger partial charge in [0.1, 0.15) is 23.7 Å². The molecule has 2 heterocycles. The van der Waals surface area contributed by atoms with Crippen molar-refractivity contribution in [2.75, 3.05) is 0 Å². The number of benzene rings is 1. The third-order valence-electron chi connectivity index (χ3n) is 2.55. The Labute approximate surface area is 93.4 Å². The van der Waals surface area contributed by atoms with Gasteiger partial charge in [0, 0.05) is 5.56 Å². The number of nitrogens with zero attached hydrogens (tertiary/aromatic N) is 2. The summed E-state index contributed by atoms with van der Waals surface area (Å²) in [5, 5.41) is 10.0. The smallest absolute Gasteiger partial charge is 0.419 e. The fourth-order valence-corrected chi connectivity index (χ4v) is 1.81. The minimum Gasteiger partial charge on any atom is -0.486 e. The lowest BCUT2D eigenvalue weighted by atomic mass is 10.0. The molecule has 0 saturated carbocycles. The predicted octanol–water partition coefficient (Wildman–Crippen LogP) is 2.38. The maximum atomic E-state index is 12.8. The molecule has 0 atom stereocenters. The Balaban J connectivity index is 2.25. The molecule has 2 aromatic rings. The fraction of sp³-hybridized carbons (Fsp3) is 0.200. The van der Waals surface area contributed by atoms with Crippen LogP contribution in [0.4, 0.5) is 13.2 Å². The average Bonchev–Trinajstić information content (AvgIpc) is 2.75. The molecule has 0 aliphatic carbocycles. The van der Waals surface area contributed by atoms with E-state index in [1.165, 1.54) is 12.1 Å². The van der Waals surface area contributed by atoms with E-state index in [1.54, 1.807) is 0 Å². The Hall–Kier alpha value is -2.05. The Kier molecular flexibility index (Phi) is 1.92. The molecule has 0 radical (unpaired) electrons. The van der Waals surface area contributed by atoms with Gasteiger partial charge < -0.3 is 4.74 Å². The van der Waals surface area contributed by atoms with Gasteiger partial charge in [0.25, 0.3) is 0 Å². The summed E-state index contributed by atoms with van der Waals surface area (Å²) in [5.41, 5.74) is 0.452. The molecule has 17 heavy (non-hydrogen) atoms. The topological polar surface area (TPSA) is 50.8 Å². The van der Waals surface area contributed by atoms with Crippen LogP contribution < -0.4 is 4.74 Å². The first-order valence-corrected chi connectivity index (χ1v) is 4.80. The Morgan fingerprint density at radius 2 is 2.06 bits per heavy atom. The second kappa shape index (κ2) is 3.22. The van der Waals surface area contributed by atoms with Gasteiger partial charge in [-0.15, -0.1) is 0 Å². The van der Waals surface area contributed by atoms with E-state index in [2.05, 4.69) is 15.4 Å². The van der Waals surface area contributed by atoms with Crippen LogP contribution in [0.5, 0.6) is 5.75 Å². The number of nitrogens with one attached hydrogen (secondary N) is 1. The van der Waals surface area contributed by atoms with Crippen molar-refractivity contribution in [1.82, 2.24) is 15.4 Å². The molecule has 3 rings (SSSR count). The number of rotatable bonds is 0. The van der Waals surface area contributed by atoms with Crippen LogP contribution in [-0.4, -0.2) is 15.4 Å². The standard InChI is InChI=1S/C10H6F3N3O/c11-10(12,13)6-3-1-2-5-8-7(14-16-15-8)4-17-9(5)6/h1-3H,4H2,(H,14,15,16). The summed E-state index contributed by atoms with van der Waals surface area (Å²) < 4.78 is 43.4. The summed E-state index contributed by atoms with van der Waals surface area (Å²) >= 11 is 0. The predicted molar refractivity (Wildman–Crippen MR) is 51.2 cm³/mol. The van der Waals surface area contributed by atoms with Crippen LogP contribution in [0.25, 0.3) is 11.3 Å². The van der Waals surface area contributed by atoms with Crippen molar-refractivity contribution in [2.24, 2.45) is 0 Å². The highest BCUT2D eigenvalue weighted by Gasteiger charge is 2.37. The quantitative estimate of drug-likeness (QED) is 0.770. The van der Waals surface area contributed by atoms with Crippen molar-refractivity contribution >= 4 is 0 Å². The largest absolute Gasteiger partial charge is 0.486 e. The number of alkyl halides is 3. The number of halogens is 3. The molecule has 0 fully saturated rings.